The molecule has 0 fully saturated rings. The van der Waals surface area contributed by atoms with E-state index >= 15 is 0 Å². The Hall–Kier alpha value is -0.670. The van der Waals surface area contributed by atoms with E-state index in [0.717, 1.165) is 13.4 Å². The number of allylic oxidation sites excluding steroid dienone is 3. The lowest BCUT2D eigenvalue weighted by Crippen LogP contribution is -2.38. The zero-order chi connectivity index (χ0) is 15.3. The first-order valence-electron chi connectivity index (χ1n) is 6.25. The van der Waals surface area contributed by atoms with Gasteiger partial charge in [-0.15, -0.1) is 0 Å². The first-order valence-corrected chi connectivity index (χ1v) is 9.56. The van der Waals surface area contributed by atoms with E-state index in [2.05, 4.69) is 43.5 Å². The molecule has 3 rings (SSSR count). The number of hydrogen-bond acceptors (Lipinski definition) is 3. The van der Waals surface area contributed by atoms with E-state index in [1.54, 1.807) is 37.5 Å². The normalized spacial score (nSPS) is 23.0. The van der Waals surface area contributed by atoms with Crippen LogP contribution < -0.4 is 0 Å². The summed E-state index contributed by atoms with van der Waals surface area (Å²) in [5.74, 6) is 0. The molecule has 0 amide bonds. The van der Waals surface area contributed by atoms with Crippen LogP contribution in [0.3, 0.4) is 0 Å². The number of rotatable bonds is 2. The van der Waals surface area contributed by atoms with Gasteiger partial charge < -0.3 is 0 Å². The van der Waals surface area contributed by atoms with E-state index in [1.165, 1.54) is 3.97 Å². The van der Waals surface area contributed by atoms with Crippen molar-refractivity contribution < 1.29 is 8.42 Å². The number of pyridine rings is 1. The molecule has 0 N–H and O–H groups in total. The first-order chi connectivity index (χ1) is 9.83. The highest BCUT2D eigenvalue weighted by atomic mass is 127. The van der Waals surface area contributed by atoms with Gasteiger partial charge in [-0.1, -0.05) is 15.9 Å². The second-order valence-electron chi connectivity index (χ2n) is 5.14. The molecule has 1 aliphatic carbocycles. The summed E-state index contributed by atoms with van der Waals surface area (Å²) in [5, 5.41) is 0.814. The zero-order valence-corrected chi connectivity index (χ0v) is 15.7. The molecule has 0 aromatic carbocycles. The second kappa shape index (κ2) is 5.20. The van der Waals surface area contributed by atoms with Gasteiger partial charge in [0, 0.05) is 28.7 Å². The highest BCUT2D eigenvalue weighted by molar-refractivity contribution is 14.1. The van der Waals surface area contributed by atoms with Crippen LogP contribution in [0.25, 0.3) is 11.0 Å². The summed E-state index contributed by atoms with van der Waals surface area (Å²) in [4.78, 5) is 4.21. The minimum absolute atomic E-state index is 0.456. The fourth-order valence-corrected chi connectivity index (χ4v) is 6.86. The highest BCUT2D eigenvalue weighted by Crippen LogP contribution is 2.39. The van der Waals surface area contributed by atoms with Gasteiger partial charge in [0.05, 0.1) is 0 Å². The summed E-state index contributed by atoms with van der Waals surface area (Å²) in [6.07, 6.45) is 7.32. The Balaban J connectivity index is 2.20. The minimum Gasteiger partial charge on any atom is -0.237 e. The van der Waals surface area contributed by atoms with Crippen molar-refractivity contribution >= 4 is 59.6 Å². The van der Waals surface area contributed by atoms with Gasteiger partial charge in [-0.3, -0.25) is 0 Å². The maximum atomic E-state index is 13.1. The molecule has 0 bridgehead atoms. The van der Waals surface area contributed by atoms with Crippen molar-refractivity contribution in [1.29, 1.82) is 0 Å². The molecule has 0 spiro atoms. The number of hydrogen-bond donors (Lipinski definition) is 0. The SMILES string of the molecule is CC1(S(=O)(=O)n2ccc3cccnc32)C=C(Br)C=C(I)C1. The lowest BCUT2D eigenvalue weighted by molar-refractivity contribution is 0.554. The van der Waals surface area contributed by atoms with E-state index in [1.807, 2.05) is 12.1 Å². The van der Waals surface area contributed by atoms with Gasteiger partial charge in [0.25, 0.3) is 0 Å². The van der Waals surface area contributed by atoms with Gasteiger partial charge in [0.15, 0.2) is 5.65 Å². The number of nitrogens with zero attached hydrogens (tertiary/aromatic N) is 2. The van der Waals surface area contributed by atoms with E-state index in [-0.39, 0.29) is 0 Å². The van der Waals surface area contributed by atoms with Gasteiger partial charge in [0.2, 0.25) is 10.0 Å². The Morgan fingerprint density at radius 2 is 2.19 bits per heavy atom. The van der Waals surface area contributed by atoms with Crippen molar-refractivity contribution in [3.63, 3.8) is 0 Å². The number of aromatic nitrogens is 2. The number of halogens is 2. The lowest BCUT2D eigenvalue weighted by atomic mass is 10.0. The van der Waals surface area contributed by atoms with Crippen LogP contribution in [0.4, 0.5) is 0 Å². The van der Waals surface area contributed by atoms with Crippen molar-refractivity contribution in [2.45, 2.75) is 18.1 Å². The average molecular weight is 479 g/mol. The van der Waals surface area contributed by atoms with E-state index in [9.17, 15) is 8.42 Å². The smallest absolute Gasteiger partial charge is 0.237 e. The maximum Gasteiger partial charge on any atom is 0.249 e. The largest absolute Gasteiger partial charge is 0.249 e. The Labute approximate surface area is 145 Å². The molecule has 4 nitrogen and oxygen atoms in total. The first kappa shape index (κ1) is 15.2. The molecule has 2 aromatic heterocycles. The summed E-state index contributed by atoms with van der Waals surface area (Å²) in [6.45, 7) is 1.74. The van der Waals surface area contributed by atoms with Gasteiger partial charge in [-0.05, 0) is 63.4 Å². The van der Waals surface area contributed by atoms with Crippen molar-refractivity contribution in [2.24, 2.45) is 0 Å². The van der Waals surface area contributed by atoms with Crippen molar-refractivity contribution in [2.75, 3.05) is 0 Å². The molecule has 7 heteroatoms. The molecule has 110 valence electrons. The Morgan fingerprint density at radius 1 is 1.43 bits per heavy atom. The summed E-state index contributed by atoms with van der Waals surface area (Å²) in [7, 11) is -3.61. The molecule has 0 saturated heterocycles. The van der Waals surface area contributed by atoms with Gasteiger partial charge in [-0.25, -0.2) is 17.4 Å². The Bertz CT molecular complexity index is 885. The summed E-state index contributed by atoms with van der Waals surface area (Å²) < 4.78 is 28.3. The molecular weight excluding hydrogens is 467 g/mol. The maximum absolute atomic E-state index is 13.1. The molecule has 0 aliphatic heterocycles. The van der Waals surface area contributed by atoms with Gasteiger partial charge in [-0.2, -0.15) is 0 Å². The van der Waals surface area contributed by atoms with Crippen LogP contribution in [-0.2, 0) is 10.0 Å². The molecule has 2 aromatic rings. The van der Waals surface area contributed by atoms with Crippen LogP contribution in [-0.4, -0.2) is 22.1 Å². The van der Waals surface area contributed by atoms with Crippen molar-refractivity contribution in [3.8, 4) is 0 Å². The van der Waals surface area contributed by atoms with Crippen LogP contribution in [0.15, 0.2) is 50.8 Å². The van der Waals surface area contributed by atoms with Crippen LogP contribution in [0.1, 0.15) is 13.3 Å². The van der Waals surface area contributed by atoms with Gasteiger partial charge >= 0.3 is 0 Å². The van der Waals surface area contributed by atoms with Crippen LogP contribution >= 0.6 is 38.5 Å². The molecular formula is C14H12BrIN2O2S. The molecule has 1 unspecified atom stereocenters. The molecule has 21 heavy (non-hydrogen) atoms. The molecule has 1 aliphatic rings. The fraction of sp³-hybridized carbons (Fsp3) is 0.214. The summed E-state index contributed by atoms with van der Waals surface area (Å²) in [6, 6.07) is 5.42. The van der Waals surface area contributed by atoms with E-state index < -0.39 is 14.8 Å². The third kappa shape index (κ3) is 2.49. The average Bonchev–Trinajstić information content (AvgIpc) is 2.81. The third-order valence-corrected chi connectivity index (χ3v) is 6.92. The number of fused-ring (bicyclic) bond motifs is 1. The molecule has 1 atom stereocenters. The standard InChI is InChI=1S/C14H12BrIN2O2S/c1-14(8-11(15)7-12(16)9-14)21(19,20)18-6-4-10-3-2-5-17-13(10)18/h2-8H,9H2,1H3. The molecule has 0 radical (unpaired) electrons. The highest BCUT2D eigenvalue weighted by Gasteiger charge is 2.41. The molecule has 0 saturated carbocycles. The topological polar surface area (TPSA) is 52.0 Å². The fourth-order valence-electron chi connectivity index (χ4n) is 2.45. The Morgan fingerprint density at radius 3 is 2.90 bits per heavy atom. The zero-order valence-electron chi connectivity index (χ0n) is 11.1. The van der Waals surface area contributed by atoms with Crippen LogP contribution in [0.2, 0.25) is 0 Å². The van der Waals surface area contributed by atoms with Crippen LogP contribution in [0, 0.1) is 0 Å². The van der Waals surface area contributed by atoms with E-state index in [0.29, 0.717) is 12.1 Å². The predicted octanol–water partition coefficient (Wildman–Crippen LogP) is 3.97. The van der Waals surface area contributed by atoms with Crippen LogP contribution in [0.5, 0.6) is 0 Å². The Kier molecular flexibility index (Phi) is 3.77. The van der Waals surface area contributed by atoms with Gasteiger partial charge in [0.1, 0.15) is 4.75 Å². The summed E-state index contributed by atoms with van der Waals surface area (Å²) >= 11 is 5.57. The third-order valence-electron chi connectivity index (χ3n) is 3.52. The van der Waals surface area contributed by atoms with Crippen molar-refractivity contribution in [3.05, 3.63) is 50.8 Å². The lowest BCUT2D eigenvalue weighted by Gasteiger charge is -2.29. The second-order valence-corrected chi connectivity index (χ2v) is 9.72. The quantitative estimate of drug-likeness (QED) is 0.613. The van der Waals surface area contributed by atoms with Crippen molar-refractivity contribution in [1.82, 2.24) is 8.96 Å². The van der Waals surface area contributed by atoms with E-state index in [4.69, 9.17) is 0 Å². The predicted molar refractivity (Wildman–Crippen MR) is 96.2 cm³/mol. The summed E-state index contributed by atoms with van der Waals surface area (Å²) in [5.41, 5.74) is 0.466. The molecule has 2 heterocycles. The monoisotopic (exact) mass is 478 g/mol. The minimum atomic E-state index is -3.61.